The lowest BCUT2D eigenvalue weighted by molar-refractivity contribution is -0.158. The normalized spacial score (nSPS) is 10.9. The van der Waals surface area contributed by atoms with Gasteiger partial charge in [-0.05, 0) is 13.8 Å². The predicted octanol–water partition coefficient (Wildman–Crippen LogP) is -0.181. The molecule has 0 rings (SSSR count). The Bertz CT molecular complexity index is 196. The molecule has 0 aliphatic heterocycles. The molecule has 0 bridgehead atoms. The fourth-order valence-corrected chi connectivity index (χ4v) is 1.35. The van der Waals surface area contributed by atoms with Crippen LogP contribution in [0.2, 0.25) is 0 Å². The Hall–Kier alpha value is -0.690. The van der Waals surface area contributed by atoms with E-state index in [1.165, 1.54) is 0 Å². The van der Waals surface area contributed by atoms with Crippen molar-refractivity contribution in [1.29, 1.82) is 0 Å². The smallest absolute Gasteiger partial charge is 0.236 e. The van der Waals surface area contributed by atoms with Gasteiger partial charge in [-0.2, -0.15) is 0 Å². The molecule has 17 heavy (non-hydrogen) atoms. The Balaban J connectivity index is 4.29. The van der Waals surface area contributed by atoms with E-state index in [4.69, 9.17) is 19.9 Å². The van der Waals surface area contributed by atoms with E-state index in [1.807, 2.05) is 13.8 Å². The molecule has 0 saturated heterocycles. The van der Waals surface area contributed by atoms with Gasteiger partial charge in [0.25, 0.3) is 0 Å². The molecule has 2 N–H and O–H groups in total. The van der Waals surface area contributed by atoms with Gasteiger partial charge in [-0.15, -0.1) is 0 Å². The molecule has 0 aliphatic rings. The minimum Gasteiger partial charge on any atom is -0.383 e. The van der Waals surface area contributed by atoms with Crippen molar-refractivity contribution in [3.8, 4) is 0 Å². The van der Waals surface area contributed by atoms with E-state index < -0.39 is 6.29 Å². The highest BCUT2D eigenvalue weighted by Crippen LogP contribution is 2.00. The summed E-state index contributed by atoms with van der Waals surface area (Å²) in [7, 11) is 1.59. The van der Waals surface area contributed by atoms with Crippen LogP contribution in [0.5, 0.6) is 0 Å². The number of ether oxygens (including phenoxy) is 3. The van der Waals surface area contributed by atoms with Crippen LogP contribution in [-0.4, -0.2) is 63.7 Å². The van der Waals surface area contributed by atoms with Crippen LogP contribution in [0.3, 0.4) is 0 Å². The van der Waals surface area contributed by atoms with Gasteiger partial charge in [0.2, 0.25) is 5.91 Å². The fraction of sp³-hybridized carbons (Fsp3) is 0.909. The zero-order valence-corrected chi connectivity index (χ0v) is 11.0. The zero-order valence-electron chi connectivity index (χ0n) is 11.0. The summed E-state index contributed by atoms with van der Waals surface area (Å²) in [4.78, 5) is 13.2. The SMILES string of the molecule is CCOC(CN(CCOC)C(=O)CN)OCC. The Kier molecular flexibility index (Phi) is 10.0. The van der Waals surface area contributed by atoms with Crippen LogP contribution in [0.15, 0.2) is 0 Å². The summed E-state index contributed by atoms with van der Waals surface area (Å²) in [5, 5.41) is 0. The van der Waals surface area contributed by atoms with Gasteiger partial charge in [-0.25, -0.2) is 0 Å². The second-order valence-electron chi connectivity index (χ2n) is 3.38. The van der Waals surface area contributed by atoms with Crippen LogP contribution in [0.4, 0.5) is 0 Å². The first-order valence-corrected chi connectivity index (χ1v) is 5.89. The van der Waals surface area contributed by atoms with Gasteiger partial charge < -0.3 is 24.8 Å². The fourth-order valence-electron chi connectivity index (χ4n) is 1.35. The lowest BCUT2D eigenvalue weighted by atomic mass is 10.4. The molecule has 102 valence electrons. The maximum absolute atomic E-state index is 11.6. The van der Waals surface area contributed by atoms with Crippen LogP contribution in [0, 0.1) is 0 Å². The van der Waals surface area contributed by atoms with Crippen LogP contribution in [0.25, 0.3) is 0 Å². The first-order chi connectivity index (χ1) is 8.19. The zero-order chi connectivity index (χ0) is 13.1. The highest BCUT2D eigenvalue weighted by molar-refractivity contribution is 5.78. The van der Waals surface area contributed by atoms with Gasteiger partial charge in [-0.1, -0.05) is 0 Å². The second-order valence-corrected chi connectivity index (χ2v) is 3.38. The van der Waals surface area contributed by atoms with Crippen LogP contribution >= 0.6 is 0 Å². The molecule has 0 aliphatic carbocycles. The van der Waals surface area contributed by atoms with Crippen molar-refractivity contribution >= 4 is 5.91 Å². The molecule has 0 aromatic rings. The number of nitrogens with two attached hydrogens (primary N) is 1. The van der Waals surface area contributed by atoms with Crippen molar-refractivity contribution in [2.24, 2.45) is 5.73 Å². The van der Waals surface area contributed by atoms with E-state index in [0.29, 0.717) is 32.9 Å². The molecule has 0 spiro atoms. The van der Waals surface area contributed by atoms with Gasteiger partial charge in [0.15, 0.2) is 6.29 Å². The summed E-state index contributed by atoms with van der Waals surface area (Å²) in [6.45, 7) is 6.17. The minimum atomic E-state index is -0.405. The molecular weight excluding hydrogens is 224 g/mol. The number of rotatable bonds is 10. The van der Waals surface area contributed by atoms with Crippen molar-refractivity contribution in [2.75, 3.05) is 46.6 Å². The Labute approximate surface area is 103 Å². The third-order valence-corrected chi connectivity index (χ3v) is 2.17. The van der Waals surface area contributed by atoms with Crippen LogP contribution in [0.1, 0.15) is 13.8 Å². The van der Waals surface area contributed by atoms with Gasteiger partial charge in [0.1, 0.15) is 0 Å². The Morgan fingerprint density at radius 2 is 1.88 bits per heavy atom. The summed E-state index contributed by atoms with van der Waals surface area (Å²) in [6.07, 6.45) is -0.405. The first kappa shape index (κ1) is 16.3. The topological polar surface area (TPSA) is 74.0 Å². The summed E-state index contributed by atoms with van der Waals surface area (Å²) < 4.78 is 15.7. The average molecular weight is 248 g/mol. The number of amides is 1. The summed E-state index contributed by atoms with van der Waals surface area (Å²) in [5.41, 5.74) is 5.35. The second kappa shape index (κ2) is 10.5. The number of hydrogen-bond acceptors (Lipinski definition) is 5. The largest absolute Gasteiger partial charge is 0.383 e. The Morgan fingerprint density at radius 1 is 1.29 bits per heavy atom. The van der Waals surface area contributed by atoms with Gasteiger partial charge in [0.05, 0.1) is 19.7 Å². The molecular formula is C11H24N2O4. The summed E-state index contributed by atoms with van der Waals surface area (Å²) >= 11 is 0. The Morgan fingerprint density at radius 3 is 2.29 bits per heavy atom. The van der Waals surface area contributed by atoms with Crippen LogP contribution in [-0.2, 0) is 19.0 Å². The third-order valence-electron chi connectivity index (χ3n) is 2.17. The van der Waals surface area contributed by atoms with Gasteiger partial charge in [-0.3, -0.25) is 4.79 Å². The van der Waals surface area contributed by atoms with E-state index in [2.05, 4.69) is 0 Å². The summed E-state index contributed by atoms with van der Waals surface area (Å²) in [5.74, 6) is -0.133. The highest BCUT2D eigenvalue weighted by atomic mass is 16.7. The van der Waals surface area contributed by atoms with Crippen molar-refractivity contribution in [2.45, 2.75) is 20.1 Å². The molecule has 0 aromatic carbocycles. The quantitative estimate of drug-likeness (QED) is 0.543. The molecule has 0 radical (unpaired) electrons. The maximum Gasteiger partial charge on any atom is 0.236 e. The van der Waals surface area contributed by atoms with E-state index in [0.717, 1.165) is 0 Å². The molecule has 0 unspecified atom stereocenters. The lowest BCUT2D eigenvalue weighted by Crippen LogP contribution is -2.44. The molecule has 0 fully saturated rings. The molecule has 0 saturated carbocycles. The lowest BCUT2D eigenvalue weighted by Gasteiger charge is -2.26. The minimum absolute atomic E-state index is 0.0192. The van der Waals surface area contributed by atoms with Crippen molar-refractivity contribution in [3.05, 3.63) is 0 Å². The van der Waals surface area contributed by atoms with Crippen LogP contribution < -0.4 is 5.73 Å². The molecule has 0 atom stereocenters. The first-order valence-electron chi connectivity index (χ1n) is 5.89. The number of nitrogens with zero attached hydrogens (tertiary/aromatic N) is 1. The number of hydrogen-bond donors (Lipinski definition) is 1. The molecule has 6 heteroatoms. The molecule has 6 nitrogen and oxygen atoms in total. The number of carbonyl (C=O) groups excluding carboxylic acids is 1. The monoisotopic (exact) mass is 248 g/mol. The van der Waals surface area contributed by atoms with E-state index in [9.17, 15) is 4.79 Å². The molecule has 1 amide bonds. The van der Waals surface area contributed by atoms with E-state index >= 15 is 0 Å². The van der Waals surface area contributed by atoms with Crippen molar-refractivity contribution < 1.29 is 19.0 Å². The number of methoxy groups -OCH3 is 1. The predicted molar refractivity (Wildman–Crippen MR) is 64.6 cm³/mol. The number of carbonyl (C=O) groups is 1. The van der Waals surface area contributed by atoms with Crippen molar-refractivity contribution in [1.82, 2.24) is 4.90 Å². The van der Waals surface area contributed by atoms with Gasteiger partial charge in [0, 0.05) is 26.9 Å². The van der Waals surface area contributed by atoms with E-state index in [-0.39, 0.29) is 12.5 Å². The average Bonchev–Trinajstić information content (AvgIpc) is 2.33. The third kappa shape index (κ3) is 7.27. The molecule has 0 heterocycles. The summed E-state index contributed by atoms with van der Waals surface area (Å²) in [6, 6.07) is 0. The van der Waals surface area contributed by atoms with E-state index in [1.54, 1.807) is 12.0 Å². The highest BCUT2D eigenvalue weighted by Gasteiger charge is 2.18. The molecule has 0 aromatic heterocycles. The van der Waals surface area contributed by atoms with Crippen molar-refractivity contribution in [3.63, 3.8) is 0 Å². The van der Waals surface area contributed by atoms with Gasteiger partial charge >= 0.3 is 0 Å². The standard InChI is InChI=1S/C11H24N2O4/c1-4-16-11(17-5-2)9-13(6-7-15-3)10(14)8-12/h11H,4-9,12H2,1-3H3. The maximum atomic E-state index is 11.6.